The highest BCUT2D eigenvalue weighted by Gasteiger charge is 2.30. The second-order valence-corrected chi connectivity index (χ2v) is 11.1. The highest BCUT2D eigenvalue weighted by atomic mass is 127. The van der Waals surface area contributed by atoms with E-state index in [1.165, 1.54) is 35.7 Å². The molecule has 1 saturated heterocycles. The summed E-state index contributed by atoms with van der Waals surface area (Å²) in [5.41, 5.74) is 3.70. The third kappa shape index (κ3) is 5.47. The maximum absolute atomic E-state index is 13.5. The number of amides is 2. The molecule has 0 aliphatic carbocycles. The van der Waals surface area contributed by atoms with Crippen molar-refractivity contribution in [2.45, 2.75) is 19.4 Å². The molecule has 0 bridgehead atoms. The van der Waals surface area contributed by atoms with Crippen LogP contribution in [0.2, 0.25) is 0 Å². The zero-order valence-corrected chi connectivity index (χ0v) is 24.3. The van der Waals surface area contributed by atoms with Crippen LogP contribution in [-0.2, 0) is 11.3 Å². The van der Waals surface area contributed by atoms with E-state index in [1.807, 2.05) is 30.3 Å². The van der Waals surface area contributed by atoms with Crippen molar-refractivity contribution in [2.75, 3.05) is 20.2 Å². The average molecular weight is 667 g/mol. The lowest BCUT2D eigenvalue weighted by Crippen LogP contribution is -2.40. The summed E-state index contributed by atoms with van der Waals surface area (Å²) in [7, 11) is 1.48. The second-order valence-electron chi connectivity index (χ2n) is 8.96. The molecule has 0 spiro atoms. The number of ketones is 1. The highest BCUT2D eigenvalue weighted by molar-refractivity contribution is 14.1. The SMILES string of the molecule is COc1cnc(-c2ncc(CNC(=O)I)s2)c2[nH]cc(C(=O)C(=O)N3CCC(=C(C#N)c4ccccc4)CC3)c12. The number of thiazole rings is 1. The minimum Gasteiger partial charge on any atom is -0.494 e. The number of allylic oxidation sites excluding steroid dienone is 1. The van der Waals surface area contributed by atoms with E-state index in [-0.39, 0.29) is 9.48 Å². The van der Waals surface area contributed by atoms with Crippen LogP contribution >= 0.6 is 33.9 Å². The number of pyridine rings is 1. The number of methoxy groups -OCH3 is 1. The summed E-state index contributed by atoms with van der Waals surface area (Å²) in [6.07, 6.45) is 5.71. The number of nitrogens with one attached hydrogen (secondary N) is 2. The molecule has 0 radical (unpaired) electrons. The monoisotopic (exact) mass is 666 g/mol. The number of ether oxygens (including phenoxy) is 1. The van der Waals surface area contributed by atoms with Crippen molar-refractivity contribution < 1.29 is 19.1 Å². The van der Waals surface area contributed by atoms with Crippen LogP contribution in [0.3, 0.4) is 0 Å². The number of hydrogen-bond acceptors (Lipinski definition) is 8. The van der Waals surface area contributed by atoms with Gasteiger partial charge < -0.3 is 19.9 Å². The zero-order chi connectivity index (χ0) is 28.2. The van der Waals surface area contributed by atoms with Gasteiger partial charge in [0.1, 0.15) is 16.5 Å². The van der Waals surface area contributed by atoms with Crippen LogP contribution in [0.4, 0.5) is 4.79 Å². The lowest BCUT2D eigenvalue weighted by Gasteiger charge is -2.28. The Hall–Kier alpha value is -4.09. The van der Waals surface area contributed by atoms with E-state index in [2.05, 4.69) is 26.3 Å². The number of Topliss-reactive ketones (excluding diaryl/α,β-unsaturated/α-hetero) is 1. The fraction of sp³-hybridized carbons (Fsp3) is 0.214. The number of carbonyl (C=O) groups is 3. The number of aromatic amines is 1. The van der Waals surface area contributed by atoms with Crippen molar-refractivity contribution in [1.82, 2.24) is 25.2 Å². The molecule has 1 aliphatic rings. The molecule has 4 aromatic rings. The van der Waals surface area contributed by atoms with Gasteiger partial charge in [0, 0.05) is 53.0 Å². The minimum absolute atomic E-state index is 0.169. The predicted octanol–water partition coefficient (Wildman–Crippen LogP) is 5.12. The van der Waals surface area contributed by atoms with Crippen LogP contribution in [0.1, 0.15) is 33.6 Å². The number of piperidine rings is 1. The van der Waals surface area contributed by atoms with E-state index >= 15 is 0 Å². The fourth-order valence-corrected chi connectivity index (χ4v) is 5.76. The topological polar surface area (TPSA) is 141 Å². The summed E-state index contributed by atoms with van der Waals surface area (Å²) < 4.78 is 5.33. The molecule has 40 heavy (non-hydrogen) atoms. The first-order valence-electron chi connectivity index (χ1n) is 12.3. The first-order chi connectivity index (χ1) is 19.4. The van der Waals surface area contributed by atoms with Gasteiger partial charge in [0.05, 0.1) is 48.0 Å². The standard InChI is InChI=1S/C28H23IN6O4S/c1-39-21-15-32-24(26-33-12-18(40-26)13-34-28(29)38)23-22(21)20(14-31-23)25(36)27(37)35-9-7-17(8-10-35)19(11-30)16-5-3-2-4-6-16/h2-6,12,14-15,31H,7-10,13H2,1H3,(H,34,38). The van der Waals surface area contributed by atoms with E-state index in [0.717, 1.165) is 16.0 Å². The number of nitriles is 1. The van der Waals surface area contributed by atoms with Crippen molar-refractivity contribution >= 4 is 66.0 Å². The van der Waals surface area contributed by atoms with Crippen molar-refractivity contribution in [2.24, 2.45) is 0 Å². The lowest BCUT2D eigenvalue weighted by atomic mass is 9.93. The molecular formula is C28H23IN6O4S. The Morgan fingerprint density at radius 1 is 1.18 bits per heavy atom. The van der Waals surface area contributed by atoms with E-state index in [0.29, 0.717) is 65.4 Å². The first-order valence-corrected chi connectivity index (χ1v) is 14.2. The normalized spacial score (nSPS) is 13.1. The zero-order valence-electron chi connectivity index (χ0n) is 21.4. The maximum atomic E-state index is 13.5. The van der Waals surface area contributed by atoms with Gasteiger partial charge in [-0.25, -0.2) is 9.97 Å². The van der Waals surface area contributed by atoms with Crippen molar-refractivity contribution in [1.29, 1.82) is 5.26 Å². The lowest BCUT2D eigenvalue weighted by molar-refractivity contribution is -0.126. The molecule has 4 heterocycles. The number of fused-ring (bicyclic) bond motifs is 1. The Balaban J connectivity index is 1.39. The van der Waals surface area contributed by atoms with Crippen molar-refractivity contribution in [3.8, 4) is 22.5 Å². The number of benzene rings is 1. The van der Waals surface area contributed by atoms with Gasteiger partial charge in [-0.1, -0.05) is 30.3 Å². The highest BCUT2D eigenvalue weighted by Crippen LogP contribution is 2.36. The number of hydrogen-bond donors (Lipinski definition) is 2. The molecule has 1 aliphatic heterocycles. The Kier molecular flexibility index (Phi) is 8.22. The Morgan fingerprint density at radius 3 is 2.60 bits per heavy atom. The van der Waals surface area contributed by atoms with Crippen LogP contribution in [0.5, 0.6) is 5.75 Å². The smallest absolute Gasteiger partial charge is 0.295 e. The van der Waals surface area contributed by atoms with Crippen LogP contribution in [-0.4, -0.2) is 55.7 Å². The van der Waals surface area contributed by atoms with Crippen molar-refractivity contribution in [3.63, 3.8) is 0 Å². The number of rotatable bonds is 7. The Morgan fingerprint density at radius 2 is 1.93 bits per heavy atom. The molecule has 1 fully saturated rings. The molecular weight excluding hydrogens is 643 g/mol. The van der Waals surface area contributed by atoms with Gasteiger partial charge in [-0.2, -0.15) is 5.26 Å². The molecule has 12 heteroatoms. The van der Waals surface area contributed by atoms with Crippen LogP contribution < -0.4 is 10.1 Å². The van der Waals surface area contributed by atoms with E-state index < -0.39 is 11.7 Å². The third-order valence-electron chi connectivity index (χ3n) is 6.67. The number of aromatic nitrogens is 3. The van der Waals surface area contributed by atoms with Gasteiger partial charge in [-0.05, 0) is 24.0 Å². The number of carbonyl (C=O) groups excluding carboxylic acids is 3. The second kappa shape index (κ2) is 12.0. The summed E-state index contributed by atoms with van der Waals surface area (Å²) >= 11 is 3.04. The summed E-state index contributed by atoms with van der Waals surface area (Å²) in [4.78, 5) is 52.4. The molecule has 10 nitrogen and oxygen atoms in total. The third-order valence-corrected chi connectivity index (χ3v) is 8.06. The van der Waals surface area contributed by atoms with Gasteiger partial charge in [-0.3, -0.25) is 14.4 Å². The molecule has 0 unspecified atom stereocenters. The van der Waals surface area contributed by atoms with Crippen LogP contribution in [0.25, 0.3) is 27.2 Å². The Labute approximate surface area is 247 Å². The summed E-state index contributed by atoms with van der Waals surface area (Å²) in [6.45, 7) is 1.04. The largest absolute Gasteiger partial charge is 0.494 e. The molecule has 0 atom stereocenters. The molecule has 2 amide bonds. The molecule has 202 valence electrons. The van der Waals surface area contributed by atoms with Gasteiger partial charge in [0.25, 0.3) is 15.6 Å². The van der Waals surface area contributed by atoms with Crippen LogP contribution in [0, 0.1) is 11.3 Å². The summed E-state index contributed by atoms with van der Waals surface area (Å²) in [5.74, 6) is -0.901. The van der Waals surface area contributed by atoms with E-state index in [4.69, 9.17) is 4.74 Å². The van der Waals surface area contributed by atoms with Gasteiger partial charge >= 0.3 is 0 Å². The molecule has 1 aromatic carbocycles. The number of H-pyrrole nitrogens is 1. The maximum Gasteiger partial charge on any atom is 0.295 e. The fourth-order valence-electron chi connectivity index (χ4n) is 4.71. The van der Waals surface area contributed by atoms with E-state index in [1.54, 1.807) is 28.8 Å². The predicted molar refractivity (Wildman–Crippen MR) is 159 cm³/mol. The number of likely N-dealkylation sites (tertiary alicyclic amines) is 1. The van der Waals surface area contributed by atoms with Gasteiger partial charge in [0.2, 0.25) is 0 Å². The molecule has 5 rings (SSSR count). The number of nitrogens with zero attached hydrogens (tertiary/aromatic N) is 4. The minimum atomic E-state index is -0.651. The Bertz CT molecular complexity index is 1680. The molecule has 3 aromatic heterocycles. The average Bonchev–Trinajstić information content (AvgIpc) is 3.64. The van der Waals surface area contributed by atoms with E-state index in [9.17, 15) is 19.6 Å². The summed E-state index contributed by atoms with van der Waals surface area (Å²) in [6, 6.07) is 11.8. The van der Waals surface area contributed by atoms with Crippen LogP contribution in [0.15, 0.2) is 54.5 Å². The van der Waals surface area contributed by atoms with Gasteiger partial charge in [0.15, 0.2) is 0 Å². The first kappa shape index (κ1) is 27.5. The quantitative estimate of drug-likeness (QED) is 0.0697. The number of halogens is 1. The molecule has 2 N–H and O–H groups in total. The molecule has 0 saturated carbocycles. The summed E-state index contributed by atoms with van der Waals surface area (Å²) in [5, 5.41) is 13.5. The van der Waals surface area contributed by atoms with Gasteiger partial charge in [-0.15, -0.1) is 11.3 Å². The van der Waals surface area contributed by atoms with Crippen molar-refractivity contribution in [3.05, 3.63) is 70.5 Å².